The van der Waals surface area contributed by atoms with Crippen molar-refractivity contribution in [2.24, 2.45) is 0 Å². The lowest BCUT2D eigenvalue weighted by atomic mass is 10.0. The minimum absolute atomic E-state index is 0.238. The standard InChI is InChI=1S/C16H19NO4/c18-15(14-8-4-5-9-20-14)17-13(11-21-16(17)19)10-12-6-2-1-3-7-12/h1-3,6-7,13-14H,4-5,8-11H2/t13-,14+/m0/s1. The zero-order valence-electron chi connectivity index (χ0n) is 11.9. The van der Waals surface area contributed by atoms with E-state index in [9.17, 15) is 9.59 Å². The molecule has 2 saturated heterocycles. The first-order valence-electron chi connectivity index (χ1n) is 7.41. The molecule has 2 aliphatic heterocycles. The number of hydrogen-bond donors (Lipinski definition) is 0. The van der Waals surface area contributed by atoms with Crippen molar-refractivity contribution < 1.29 is 19.1 Å². The van der Waals surface area contributed by atoms with E-state index in [1.54, 1.807) is 0 Å². The molecule has 2 heterocycles. The molecule has 1 aromatic carbocycles. The lowest BCUT2D eigenvalue weighted by Crippen LogP contribution is -2.47. The Kier molecular flexibility index (Phi) is 4.20. The number of carbonyl (C=O) groups is 2. The van der Waals surface area contributed by atoms with Gasteiger partial charge in [-0.25, -0.2) is 9.69 Å². The summed E-state index contributed by atoms with van der Waals surface area (Å²) in [6, 6.07) is 9.58. The maximum atomic E-state index is 12.5. The first-order chi connectivity index (χ1) is 10.3. The van der Waals surface area contributed by atoms with Gasteiger partial charge in [-0.15, -0.1) is 0 Å². The van der Waals surface area contributed by atoms with Gasteiger partial charge in [0.2, 0.25) is 0 Å². The van der Waals surface area contributed by atoms with E-state index in [-0.39, 0.29) is 18.6 Å². The molecule has 5 nitrogen and oxygen atoms in total. The van der Waals surface area contributed by atoms with Crippen LogP contribution in [0.25, 0.3) is 0 Å². The van der Waals surface area contributed by atoms with Gasteiger partial charge < -0.3 is 9.47 Å². The van der Waals surface area contributed by atoms with Gasteiger partial charge in [0, 0.05) is 6.61 Å². The molecule has 0 N–H and O–H groups in total. The number of nitrogens with zero attached hydrogens (tertiary/aromatic N) is 1. The number of hydrogen-bond acceptors (Lipinski definition) is 4. The molecule has 1 aromatic rings. The quantitative estimate of drug-likeness (QED) is 0.855. The van der Waals surface area contributed by atoms with Gasteiger partial charge in [-0.3, -0.25) is 4.79 Å². The molecule has 5 heteroatoms. The monoisotopic (exact) mass is 289 g/mol. The number of imide groups is 1. The second-order valence-corrected chi connectivity index (χ2v) is 5.48. The average molecular weight is 289 g/mol. The van der Waals surface area contributed by atoms with Gasteiger partial charge in [-0.05, 0) is 31.2 Å². The zero-order chi connectivity index (χ0) is 14.7. The fourth-order valence-electron chi connectivity index (χ4n) is 2.86. The van der Waals surface area contributed by atoms with Crippen molar-refractivity contribution in [2.45, 2.75) is 37.8 Å². The third-order valence-corrected chi connectivity index (χ3v) is 3.97. The van der Waals surface area contributed by atoms with Crippen molar-refractivity contribution in [1.29, 1.82) is 0 Å². The van der Waals surface area contributed by atoms with Gasteiger partial charge in [0.05, 0.1) is 6.04 Å². The highest BCUT2D eigenvalue weighted by molar-refractivity contribution is 5.96. The molecule has 0 bridgehead atoms. The van der Waals surface area contributed by atoms with Crippen LogP contribution >= 0.6 is 0 Å². The van der Waals surface area contributed by atoms with Crippen LogP contribution < -0.4 is 0 Å². The summed E-state index contributed by atoms with van der Waals surface area (Å²) in [5.74, 6) is -0.252. The van der Waals surface area contributed by atoms with Gasteiger partial charge in [0.1, 0.15) is 12.7 Å². The van der Waals surface area contributed by atoms with Crippen molar-refractivity contribution >= 4 is 12.0 Å². The van der Waals surface area contributed by atoms with E-state index in [2.05, 4.69) is 0 Å². The number of carbonyl (C=O) groups excluding carboxylic acids is 2. The molecule has 0 saturated carbocycles. The molecule has 2 aliphatic rings. The Hall–Kier alpha value is -1.88. The van der Waals surface area contributed by atoms with Gasteiger partial charge in [-0.1, -0.05) is 30.3 Å². The van der Waals surface area contributed by atoms with E-state index in [1.165, 1.54) is 4.90 Å². The van der Waals surface area contributed by atoms with Crippen molar-refractivity contribution in [3.05, 3.63) is 35.9 Å². The number of cyclic esters (lactones) is 1. The highest BCUT2D eigenvalue weighted by Gasteiger charge is 2.41. The summed E-state index contributed by atoms with van der Waals surface area (Å²) in [5.41, 5.74) is 1.09. The molecular weight excluding hydrogens is 270 g/mol. The maximum Gasteiger partial charge on any atom is 0.417 e. The van der Waals surface area contributed by atoms with E-state index in [0.29, 0.717) is 19.4 Å². The molecule has 112 valence electrons. The summed E-state index contributed by atoms with van der Waals surface area (Å²) in [6.07, 6.45) is 2.19. The zero-order valence-corrected chi connectivity index (χ0v) is 11.9. The first-order valence-corrected chi connectivity index (χ1v) is 7.41. The molecule has 0 aromatic heterocycles. The van der Waals surface area contributed by atoms with Crippen LogP contribution in [0.3, 0.4) is 0 Å². The Morgan fingerprint density at radius 3 is 2.76 bits per heavy atom. The molecule has 0 spiro atoms. The summed E-state index contributed by atoms with van der Waals surface area (Å²) in [6.45, 7) is 0.842. The summed E-state index contributed by atoms with van der Waals surface area (Å²) >= 11 is 0. The first kappa shape index (κ1) is 14.1. The Morgan fingerprint density at radius 1 is 1.24 bits per heavy atom. The lowest BCUT2D eigenvalue weighted by molar-refractivity contribution is -0.144. The Balaban J connectivity index is 1.71. The van der Waals surface area contributed by atoms with Crippen molar-refractivity contribution in [3.63, 3.8) is 0 Å². The number of ether oxygens (including phenoxy) is 2. The lowest BCUT2D eigenvalue weighted by Gasteiger charge is -2.27. The van der Waals surface area contributed by atoms with Crippen LogP contribution in [-0.2, 0) is 20.7 Å². The predicted molar refractivity (Wildman–Crippen MR) is 75.7 cm³/mol. The van der Waals surface area contributed by atoms with E-state index in [4.69, 9.17) is 9.47 Å². The van der Waals surface area contributed by atoms with Gasteiger partial charge in [-0.2, -0.15) is 0 Å². The van der Waals surface area contributed by atoms with E-state index < -0.39 is 12.2 Å². The number of rotatable bonds is 3. The molecule has 2 fully saturated rings. The fourth-order valence-corrected chi connectivity index (χ4v) is 2.86. The minimum Gasteiger partial charge on any atom is -0.447 e. The molecule has 2 amide bonds. The fraction of sp³-hybridized carbons (Fsp3) is 0.500. The van der Waals surface area contributed by atoms with Crippen molar-refractivity contribution in [3.8, 4) is 0 Å². The van der Waals surface area contributed by atoms with Crippen molar-refractivity contribution in [1.82, 2.24) is 4.90 Å². The topological polar surface area (TPSA) is 55.8 Å². The van der Waals surface area contributed by atoms with Crippen LogP contribution in [0.15, 0.2) is 30.3 Å². The highest BCUT2D eigenvalue weighted by Crippen LogP contribution is 2.22. The second kappa shape index (κ2) is 6.26. The Labute approximate surface area is 123 Å². The molecule has 2 atom stereocenters. The van der Waals surface area contributed by atoms with E-state index >= 15 is 0 Å². The summed E-state index contributed by atoms with van der Waals surface area (Å²) in [4.78, 5) is 25.7. The van der Waals surface area contributed by atoms with Gasteiger partial charge >= 0.3 is 6.09 Å². The van der Waals surface area contributed by atoms with Crippen molar-refractivity contribution in [2.75, 3.05) is 13.2 Å². The molecule has 3 rings (SSSR count). The molecular formula is C16H19NO4. The number of amides is 2. The highest BCUT2D eigenvalue weighted by atomic mass is 16.6. The largest absolute Gasteiger partial charge is 0.447 e. The van der Waals surface area contributed by atoms with Crippen LogP contribution in [-0.4, -0.2) is 42.3 Å². The van der Waals surface area contributed by atoms with Crippen LogP contribution in [0.4, 0.5) is 4.79 Å². The average Bonchev–Trinajstić information content (AvgIpc) is 2.89. The summed E-state index contributed by atoms with van der Waals surface area (Å²) in [7, 11) is 0. The smallest absolute Gasteiger partial charge is 0.417 e. The van der Waals surface area contributed by atoms with E-state index in [1.807, 2.05) is 30.3 Å². The van der Waals surface area contributed by atoms with Gasteiger partial charge in [0.15, 0.2) is 0 Å². The Morgan fingerprint density at radius 2 is 2.05 bits per heavy atom. The third kappa shape index (κ3) is 3.08. The van der Waals surface area contributed by atoms with Crippen LogP contribution in [0.5, 0.6) is 0 Å². The number of benzene rings is 1. The normalized spacial score (nSPS) is 25.7. The predicted octanol–water partition coefficient (Wildman–Crippen LogP) is 2.15. The van der Waals surface area contributed by atoms with Crippen LogP contribution in [0.1, 0.15) is 24.8 Å². The Bertz CT molecular complexity index is 510. The third-order valence-electron chi connectivity index (χ3n) is 3.97. The maximum absolute atomic E-state index is 12.5. The molecule has 0 unspecified atom stereocenters. The SMILES string of the molecule is O=C1OC[C@H](Cc2ccccc2)N1C(=O)[C@H]1CCCCO1. The van der Waals surface area contributed by atoms with Crippen LogP contribution in [0.2, 0.25) is 0 Å². The molecule has 0 aliphatic carbocycles. The second-order valence-electron chi connectivity index (χ2n) is 5.48. The summed E-state index contributed by atoms with van der Waals surface area (Å²) in [5, 5.41) is 0. The summed E-state index contributed by atoms with van der Waals surface area (Å²) < 4.78 is 10.6. The van der Waals surface area contributed by atoms with E-state index in [0.717, 1.165) is 18.4 Å². The van der Waals surface area contributed by atoms with Gasteiger partial charge in [0.25, 0.3) is 5.91 Å². The van der Waals surface area contributed by atoms with Crippen LogP contribution in [0, 0.1) is 0 Å². The molecule has 21 heavy (non-hydrogen) atoms. The minimum atomic E-state index is -0.546. The molecule has 0 radical (unpaired) electrons.